The maximum Gasteiger partial charge on any atom is 0.464 e. The van der Waals surface area contributed by atoms with Crippen molar-refractivity contribution in [3.63, 3.8) is 0 Å². The summed E-state index contributed by atoms with van der Waals surface area (Å²) in [5.74, 6) is 0. The minimum Gasteiger partial charge on any atom is -0.403 e. The van der Waals surface area contributed by atoms with Gasteiger partial charge in [0.2, 0.25) is 0 Å². The summed E-state index contributed by atoms with van der Waals surface area (Å²) in [5.41, 5.74) is 0.142. The van der Waals surface area contributed by atoms with E-state index in [0.717, 1.165) is 5.69 Å². The van der Waals surface area contributed by atoms with Gasteiger partial charge in [0, 0.05) is 12.5 Å². The van der Waals surface area contributed by atoms with Crippen molar-refractivity contribution in [2.45, 2.75) is 45.2 Å². The monoisotopic (exact) mass is 254 g/mol. The molecule has 92 valence electrons. The van der Waals surface area contributed by atoms with Crippen molar-refractivity contribution in [2.75, 3.05) is 0 Å². The summed E-state index contributed by atoms with van der Waals surface area (Å²) in [7, 11) is -0.298. The highest BCUT2D eigenvalue weighted by Crippen LogP contribution is 2.37. The molecule has 0 radical (unpaired) electrons. The van der Waals surface area contributed by atoms with Crippen LogP contribution in [-0.4, -0.2) is 28.3 Å². The van der Waals surface area contributed by atoms with Crippen LogP contribution < -0.4 is 0 Å². The van der Waals surface area contributed by atoms with Crippen LogP contribution in [0.2, 0.25) is 5.15 Å². The molecule has 1 fully saturated rings. The van der Waals surface area contributed by atoms with Crippen LogP contribution in [0, 0.1) is 0 Å². The highest BCUT2D eigenvalue weighted by Gasteiger charge is 2.50. The van der Waals surface area contributed by atoms with E-state index in [1.165, 1.54) is 6.20 Å². The zero-order valence-electron chi connectivity index (χ0n) is 10.5. The lowest BCUT2D eigenvalue weighted by molar-refractivity contribution is 0.00578. The average molecular weight is 255 g/mol. The number of hydrogen-bond acceptors (Lipinski definition) is 4. The molecule has 0 saturated carbocycles. The Morgan fingerprint density at radius 1 is 1.18 bits per heavy atom. The van der Waals surface area contributed by atoms with E-state index in [1.54, 1.807) is 6.20 Å². The summed E-state index contributed by atoms with van der Waals surface area (Å²) in [6.45, 7) is 8.10. The lowest BCUT2D eigenvalue weighted by atomic mass is 9.83. The molecule has 2 rings (SSSR count). The predicted molar refractivity (Wildman–Crippen MR) is 66.8 cm³/mol. The molecule has 1 aromatic heterocycles. The van der Waals surface area contributed by atoms with Gasteiger partial charge in [-0.2, -0.15) is 0 Å². The second kappa shape index (κ2) is 4.23. The summed E-state index contributed by atoms with van der Waals surface area (Å²) < 4.78 is 11.7. The first kappa shape index (κ1) is 12.8. The third kappa shape index (κ3) is 2.62. The summed E-state index contributed by atoms with van der Waals surface area (Å²) in [5, 5.41) is 0.388. The van der Waals surface area contributed by atoms with Crippen LogP contribution in [0.25, 0.3) is 0 Å². The molecule has 1 saturated heterocycles. The summed E-state index contributed by atoms with van der Waals surface area (Å²) in [4.78, 5) is 8.17. The zero-order chi connectivity index (χ0) is 12.7. The lowest BCUT2D eigenvalue weighted by Crippen LogP contribution is -2.41. The minimum atomic E-state index is -0.316. The summed E-state index contributed by atoms with van der Waals surface area (Å²) in [6.07, 6.45) is 3.74. The fourth-order valence-corrected chi connectivity index (χ4v) is 1.86. The Labute approximate surface area is 107 Å². The van der Waals surface area contributed by atoms with Crippen LogP contribution in [0.5, 0.6) is 0 Å². The van der Waals surface area contributed by atoms with E-state index >= 15 is 0 Å². The van der Waals surface area contributed by atoms with Gasteiger partial charge >= 0.3 is 7.12 Å². The number of hydrogen-bond donors (Lipinski definition) is 0. The van der Waals surface area contributed by atoms with E-state index in [2.05, 4.69) is 9.97 Å². The first-order valence-electron chi connectivity index (χ1n) is 5.62. The second-order valence-electron chi connectivity index (χ2n) is 5.22. The largest absolute Gasteiger partial charge is 0.464 e. The summed E-state index contributed by atoms with van der Waals surface area (Å²) >= 11 is 5.79. The molecule has 0 N–H and O–H groups in total. The molecule has 0 amide bonds. The molecule has 1 aliphatic heterocycles. The Kier molecular flexibility index (Phi) is 3.18. The van der Waals surface area contributed by atoms with Crippen LogP contribution in [0.15, 0.2) is 12.4 Å². The SMILES string of the molecule is CC1(C)OB(Cc2cncc(Cl)n2)OC1(C)C. The van der Waals surface area contributed by atoms with Gasteiger partial charge in [-0.05, 0) is 27.7 Å². The highest BCUT2D eigenvalue weighted by atomic mass is 35.5. The van der Waals surface area contributed by atoms with Crippen molar-refractivity contribution in [1.82, 2.24) is 9.97 Å². The van der Waals surface area contributed by atoms with Crippen molar-refractivity contribution >= 4 is 18.7 Å². The van der Waals surface area contributed by atoms with Crippen LogP contribution >= 0.6 is 11.6 Å². The number of rotatable bonds is 2. The van der Waals surface area contributed by atoms with Gasteiger partial charge in [-0.3, -0.25) is 4.98 Å². The minimum absolute atomic E-state index is 0.298. The predicted octanol–water partition coefficient (Wildman–Crippen LogP) is 2.30. The maximum absolute atomic E-state index is 5.87. The van der Waals surface area contributed by atoms with Crippen molar-refractivity contribution in [2.24, 2.45) is 0 Å². The average Bonchev–Trinajstić information content (AvgIpc) is 2.34. The first-order chi connectivity index (χ1) is 7.80. The van der Waals surface area contributed by atoms with Gasteiger partial charge < -0.3 is 9.31 Å². The quantitative estimate of drug-likeness (QED) is 0.760. The van der Waals surface area contributed by atoms with Gasteiger partial charge in [-0.1, -0.05) is 11.6 Å². The van der Waals surface area contributed by atoms with Gasteiger partial charge in [-0.25, -0.2) is 4.98 Å². The van der Waals surface area contributed by atoms with Gasteiger partial charge in [0.1, 0.15) is 5.15 Å². The zero-order valence-corrected chi connectivity index (χ0v) is 11.3. The van der Waals surface area contributed by atoms with Crippen LogP contribution in [0.3, 0.4) is 0 Å². The molecule has 4 nitrogen and oxygen atoms in total. The normalized spacial score (nSPS) is 21.8. The molecule has 0 unspecified atom stereocenters. The van der Waals surface area contributed by atoms with Gasteiger partial charge in [0.15, 0.2) is 0 Å². The van der Waals surface area contributed by atoms with Crippen molar-refractivity contribution in [3.8, 4) is 0 Å². The molecule has 0 aromatic carbocycles. The lowest BCUT2D eigenvalue weighted by Gasteiger charge is -2.32. The molecule has 0 aliphatic carbocycles. The molecule has 0 spiro atoms. The maximum atomic E-state index is 5.87. The third-order valence-corrected chi connectivity index (χ3v) is 3.52. The number of halogens is 1. The Morgan fingerprint density at radius 3 is 2.29 bits per heavy atom. The number of nitrogens with zero attached hydrogens (tertiary/aromatic N) is 2. The van der Waals surface area contributed by atoms with Crippen molar-refractivity contribution in [3.05, 3.63) is 23.2 Å². The van der Waals surface area contributed by atoms with E-state index in [9.17, 15) is 0 Å². The van der Waals surface area contributed by atoms with E-state index in [-0.39, 0.29) is 18.3 Å². The Morgan fingerprint density at radius 2 is 1.76 bits per heavy atom. The topological polar surface area (TPSA) is 44.2 Å². The van der Waals surface area contributed by atoms with E-state index in [1.807, 2.05) is 27.7 Å². The Balaban J connectivity index is 2.08. The Hall–Kier alpha value is -0.645. The van der Waals surface area contributed by atoms with Gasteiger partial charge in [0.05, 0.1) is 23.1 Å². The van der Waals surface area contributed by atoms with Crippen LogP contribution in [0.1, 0.15) is 33.4 Å². The molecule has 6 heteroatoms. The molecular formula is C11H16BClN2O2. The van der Waals surface area contributed by atoms with E-state index in [0.29, 0.717) is 11.5 Å². The molecular weight excluding hydrogens is 238 g/mol. The third-order valence-electron chi connectivity index (χ3n) is 3.33. The Bertz CT molecular complexity index is 410. The molecule has 0 bridgehead atoms. The van der Waals surface area contributed by atoms with E-state index in [4.69, 9.17) is 20.9 Å². The van der Waals surface area contributed by atoms with E-state index < -0.39 is 0 Å². The molecule has 2 heterocycles. The van der Waals surface area contributed by atoms with Gasteiger partial charge in [-0.15, -0.1) is 0 Å². The molecule has 0 atom stereocenters. The number of aromatic nitrogens is 2. The highest BCUT2D eigenvalue weighted by molar-refractivity contribution is 6.44. The van der Waals surface area contributed by atoms with Gasteiger partial charge in [0.25, 0.3) is 0 Å². The second-order valence-corrected chi connectivity index (χ2v) is 5.61. The molecule has 1 aromatic rings. The fraction of sp³-hybridized carbons (Fsp3) is 0.636. The standard InChI is InChI=1S/C11H16BClN2O2/c1-10(2)11(3,4)17-12(16-10)5-8-6-14-7-9(13)15-8/h6-7H,5H2,1-4H3. The smallest absolute Gasteiger partial charge is 0.403 e. The molecule has 17 heavy (non-hydrogen) atoms. The van der Waals surface area contributed by atoms with Crippen LogP contribution in [0.4, 0.5) is 0 Å². The first-order valence-corrected chi connectivity index (χ1v) is 6.00. The van der Waals surface area contributed by atoms with Crippen LogP contribution in [-0.2, 0) is 15.6 Å². The fourth-order valence-electron chi connectivity index (χ4n) is 1.70. The van der Waals surface area contributed by atoms with Crippen molar-refractivity contribution < 1.29 is 9.31 Å². The summed E-state index contributed by atoms with van der Waals surface area (Å²) in [6, 6.07) is 0. The molecule has 1 aliphatic rings. The van der Waals surface area contributed by atoms with Crippen molar-refractivity contribution in [1.29, 1.82) is 0 Å².